The van der Waals surface area contributed by atoms with Gasteiger partial charge < -0.3 is 19.6 Å². The lowest BCUT2D eigenvalue weighted by Gasteiger charge is -2.42. The number of nitrogens with zero attached hydrogens (tertiary/aromatic N) is 5. The van der Waals surface area contributed by atoms with Gasteiger partial charge in [0, 0.05) is 11.8 Å². The molecule has 1 spiro atoms. The van der Waals surface area contributed by atoms with E-state index < -0.39 is 28.7 Å². The zero-order chi connectivity index (χ0) is 30.2. The summed E-state index contributed by atoms with van der Waals surface area (Å²) >= 11 is 1.60. The Morgan fingerprint density at radius 1 is 1.29 bits per heavy atom. The van der Waals surface area contributed by atoms with Gasteiger partial charge >= 0.3 is 5.97 Å². The SMILES string of the molecule is C=CCCCOC(=O)[C@@H]1[C@@H]2CC(C)C3(S2)C(C(=O)N(CC=C)Cn2nnc4ccccc42)N([C@@H](CO)C(C)C)C(=O)[C@H]13. The first-order valence-electron chi connectivity index (χ1n) is 14.8. The molecule has 226 valence electrons. The number of hydrogen-bond donors (Lipinski definition) is 1. The van der Waals surface area contributed by atoms with E-state index in [0.29, 0.717) is 18.4 Å². The fourth-order valence-corrected chi connectivity index (χ4v) is 9.60. The van der Waals surface area contributed by atoms with Gasteiger partial charge in [0.25, 0.3) is 0 Å². The molecule has 42 heavy (non-hydrogen) atoms. The molecule has 11 heteroatoms. The number of para-hydroxylation sites is 1. The van der Waals surface area contributed by atoms with Gasteiger partial charge in [0.15, 0.2) is 0 Å². The van der Waals surface area contributed by atoms with Crippen LogP contribution in [-0.4, -0.2) is 89.5 Å². The van der Waals surface area contributed by atoms with Crippen LogP contribution in [0.25, 0.3) is 11.0 Å². The number of fused-ring (bicyclic) bond motifs is 2. The molecule has 3 saturated heterocycles. The van der Waals surface area contributed by atoms with Crippen molar-refractivity contribution in [1.29, 1.82) is 0 Å². The Morgan fingerprint density at radius 2 is 2.05 bits per heavy atom. The molecule has 1 N–H and O–H groups in total. The van der Waals surface area contributed by atoms with Crippen molar-refractivity contribution in [2.75, 3.05) is 19.8 Å². The summed E-state index contributed by atoms with van der Waals surface area (Å²) in [6, 6.07) is 6.08. The Kier molecular flexibility index (Phi) is 8.80. The molecule has 0 radical (unpaired) electrons. The van der Waals surface area contributed by atoms with Crippen molar-refractivity contribution in [2.45, 2.75) is 68.8 Å². The van der Waals surface area contributed by atoms with Crippen LogP contribution in [0.4, 0.5) is 0 Å². The van der Waals surface area contributed by atoms with Gasteiger partial charge in [-0.25, -0.2) is 4.68 Å². The highest BCUT2D eigenvalue weighted by molar-refractivity contribution is 8.02. The van der Waals surface area contributed by atoms with E-state index >= 15 is 0 Å². The number of carbonyl (C=O) groups excluding carboxylic acids is 3. The summed E-state index contributed by atoms with van der Waals surface area (Å²) in [5.41, 5.74) is 1.50. The van der Waals surface area contributed by atoms with Gasteiger partial charge in [0.05, 0.1) is 41.4 Å². The second-order valence-corrected chi connectivity index (χ2v) is 13.5. The molecule has 0 saturated carbocycles. The molecule has 3 aliphatic rings. The fraction of sp³-hybridized carbons (Fsp3) is 0.581. The zero-order valence-corrected chi connectivity index (χ0v) is 25.4. The number of aliphatic hydroxyl groups excluding tert-OH is 1. The highest BCUT2D eigenvalue weighted by Crippen LogP contribution is 2.69. The third-order valence-electron chi connectivity index (χ3n) is 9.19. The van der Waals surface area contributed by atoms with Crippen molar-refractivity contribution in [3.63, 3.8) is 0 Å². The molecule has 2 amide bonds. The Morgan fingerprint density at radius 3 is 2.74 bits per heavy atom. The van der Waals surface area contributed by atoms with E-state index in [9.17, 15) is 19.5 Å². The lowest BCUT2D eigenvalue weighted by molar-refractivity contribution is -0.155. The number of aliphatic hydroxyl groups is 1. The van der Waals surface area contributed by atoms with Crippen molar-refractivity contribution >= 4 is 40.6 Å². The first-order chi connectivity index (χ1) is 20.2. The Balaban J connectivity index is 1.54. The molecule has 1 aromatic heterocycles. The van der Waals surface area contributed by atoms with Gasteiger partial charge in [0.1, 0.15) is 18.2 Å². The zero-order valence-electron chi connectivity index (χ0n) is 24.6. The minimum atomic E-state index is -0.868. The van der Waals surface area contributed by atoms with E-state index in [1.54, 1.807) is 38.4 Å². The highest BCUT2D eigenvalue weighted by atomic mass is 32.2. The molecule has 3 unspecified atom stereocenters. The number of unbranched alkanes of at least 4 members (excludes halogenated alkanes) is 1. The minimum Gasteiger partial charge on any atom is -0.465 e. The number of aromatic nitrogens is 3. The van der Waals surface area contributed by atoms with Crippen molar-refractivity contribution in [3.8, 4) is 0 Å². The second-order valence-electron chi connectivity index (χ2n) is 12.0. The lowest BCUT2D eigenvalue weighted by Crippen LogP contribution is -2.60. The van der Waals surface area contributed by atoms with Crippen LogP contribution < -0.4 is 0 Å². The molecule has 3 aliphatic heterocycles. The smallest absolute Gasteiger partial charge is 0.310 e. The number of carbonyl (C=O) groups is 3. The van der Waals surface area contributed by atoms with Gasteiger partial charge in [-0.15, -0.1) is 30.0 Å². The van der Waals surface area contributed by atoms with Gasteiger partial charge in [-0.2, -0.15) is 0 Å². The molecule has 4 heterocycles. The predicted octanol–water partition coefficient (Wildman–Crippen LogP) is 3.27. The van der Waals surface area contributed by atoms with E-state index in [1.165, 1.54) is 0 Å². The summed E-state index contributed by atoms with van der Waals surface area (Å²) < 4.78 is 6.53. The summed E-state index contributed by atoms with van der Waals surface area (Å²) in [5, 5.41) is 18.9. The van der Waals surface area contributed by atoms with E-state index in [-0.39, 0.29) is 61.3 Å². The number of esters is 1. The van der Waals surface area contributed by atoms with Crippen molar-refractivity contribution in [1.82, 2.24) is 24.8 Å². The number of amides is 2. The normalized spacial score (nSPS) is 28.7. The van der Waals surface area contributed by atoms with Gasteiger partial charge in [-0.05, 0) is 43.2 Å². The molecular formula is C31H41N5O5S. The third kappa shape index (κ3) is 4.84. The Hall–Kier alpha value is -3.18. The highest BCUT2D eigenvalue weighted by Gasteiger charge is 2.77. The van der Waals surface area contributed by atoms with Gasteiger partial charge in [-0.1, -0.05) is 50.3 Å². The second kappa shape index (κ2) is 12.2. The van der Waals surface area contributed by atoms with Crippen LogP contribution in [0.3, 0.4) is 0 Å². The van der Waals surface area contributed by atoms with Crippen LogP contribution in [0, 0.1) is 23.7 Å². The van der Waals surface area contributed by atoms with Crippen molar-refractivity contribution in [3.05, 3.63) is 49.6 Å². The first kappa shape index (κ1) is 30.3. The Labute approximate surface area is 251 Å². The topological polar surface area (TPSA) is 118 Å². The average molecular weight is 596 g/mol. The molecule has 1 aromatic carbocycles. The van der Waals surface area contributed by atoms with Crippen molar-refractivity contribution in [2.24, 2.45) is 23.7 Å². The number of likely N-dealkylation sites (tertiary alicyclic amines) is 1. The summed E-state index contributed by atoms with van der Waals surface area (Å²) in [6.07, 6.45) is 5.55. The maximum absolute atomic E-state index is 14.8. The molecule has 10 nitrogen and oxygen atoms in total. The maximum atomic E-state index is 14.8. The number of benzene rings is 1. The predicted molar refractivity (Wildman–Crippen MR) is 161 cm³/mol. The fourth-order valence-electron chi connectivity index (χ4n) is 7.21. The minimum absolute atomic E-state index is 0.00509. The van der Waals surface area contributed by atoms with Crippen LogP contribution in [0.5, 0.6) is 0 Å². The largest absolute Gasteiger partial charge is 0.465 e. The number of allylic oxidation sites excluding steroid dienone is 1. The van der Waals surface area contributed by atoms with Crippen LogP contribution in [0.15, 0.2) is 49.6 Å². The first-order valence-corrected chi connectivity index (χ1v) is 15.6. The van der Waals surface area contributed by atoms with Crippen LogP contribution >= 0.6 is 11.8 Å². The van der Waals surface area contributed by atoms with E-state index in [1.807, 2.05) is 38.1 Å². The quantitative estimate of drug-likeness (QED) is 0.213. The molecule has 3 fully saturated rings. The van der Waals surface area contributed by atoms with Gasteiger partial charge in [0.2, 0.25) is 11.8 Å². The molecular weight excluding hydrogens is 554 g/mol. The van der Waals surface area contributed by atoms with E-state index in [4.69, 9.17) is 4.74 Å². The Bertz CT molecular complexity index is 1360. The van der Waals surface area contributed by atoms with E-state index in [2.05, 4.69) is 30.4 Å². The number of hydrogen-bond acceptors (Lipinski definition) is 8. The molecule has 7 atom stereocenters. The summed E-state index contributed by atoms with van der Waals surface area (Å²) in [5.74, 6) is -2.33. The van der Waals surface area contributed by atoms with Gasteiger partial charge in [-0.3, -0.25) is 14.4 Å². The molecule has 0 aliphatic carbocycles. The number of thioether (sulfide) groups is 1. The monoisotopic (exact) mass is 595 g/mol. The molecule has 2 bridgehead atoms. The van der Waals surface area contributed by atoms with Crippen LogP contribution in [-0.2, 0) is 25.8 Å². The molecule has 5 rings (SSSR count). The number of rotatable bonds is 13. The average Bonchev–Trinajstić information content (AvgIpc) is 3.69. The van der Waals surface area contributed by atoms with Crippen LogP contribution in [0.2, 0.25) is 0 Å². The summed E-state index contributed by atoms with van der Waals surface area (Å²) in [4.78, 5) is 46.0. The third-order valence-corrected chi connectivity index (χ3v) is 11.3. The number of ether oxygens (including phenoxy) is 1. The van der Waals surface area contributed by atoms with E-state index in [0.717, 1.165) is 11.9 Å². The maximum Gasteiger partial charge on any atom is 0.310 e. The summed E-state index contributed by atoms with van der Waals surface area (Å²) in [7, 11) is 0. The summed E-state index contributed by atoms with van der Waals surface area (Å²) in [6.45, 7) is 13.9. The standard InChI is InChI=1S/C31H41N5O5S/c1-6-8-11-15-41-30(40)25-24-16-20(5)31(42-24)26(25)28(38)36(23(17-37)19(3)4)27(31)29(39)34(14-7-2)18-35-22-13-10-9-12-21(22)32-33-35/h6-7,9-10,12-13,19-20,23-27,37H,1-2,8,11,14-18H2,3-5H3/t20?,23-,24-,25+,26-,27?,31?/m0/s1. The van der Waals surface area contributed by atoms with Crippen LogP contribution in [0.1, 0.15) is 40.0 Å². The molecule has 2 aromatic rings. The van der Waals surface area contributed by atoms with Crippen molar-refractivity contribution < 1.29 is 24.2 Å². The lowest BCUT2D eigenvalue weighted by atomic mass is 9.66.